The van der Waals surface area contributed by atoms with Gasteiger partial charge in [-0.15, -0.1) is 0 Å². The van der Waals surface area contributed by atoms with Crippen molar-refractivity contribution in [3.63, 3.8) is 0 Å². The first-order chi connectivity index (χ1) is 9.11. The van der Waals surface area contributed by atoms with E-state index in [0.29, 0.717) is 5.56 Å². The van der Waals surface area contributed by atoms with Crippen LogP contribution in [0.15, 0.2) is 42.5 Å². The second-order valence-corrected chi connectivity index (χ2v) is 3.84. The summed E-state index contributed by atoms with van der Waals surface area (Å²) in [5.74, 6) is -2.48. The summed E-state index contributed by atoms with van der Waals surface area (Å²) in [4.78, 5) is 10.5. The molecule has 1 atom stereocenters. The Morgan fingerprint density at radius 2 is 1.53 bits per heavy atom. The molecule has 1 unspecified atom stereocenters. The highest BCUT2D eigenvalue weighted by Crippen LogP contribution is 2.26. The second kappa shape index (κ2) is 5.56. The van der Waals surface area contributed by atoms with E-state index in [4.69, 9.17) is 4.74 Å². The normalized spacial score (nSPS) is 11.9. The molecule has 0 amide bonds. The molecular weight excluding hydrogens is 257 g/mol. The van der Waals surface area contributed by atoms with Crippen LogP contribution in [0.2, 0.25) is 0 Å². The molecule has 0 aromatic heterocycles. The molecule has 0 heterocycles. The van der Waals surface area contributed by atoms with E-state index in [9.17, 15) is 18.0 Å². The average Bonchev–Trinajstić information content (AvgIpc) is 2.41. The Labute approximate surface area is 107 Å². The molecule has 0 aliphatic rings. The zero-order chi connectivity index (χ0) is 13.8. The molecule has 98 valence electrons. The molecule has 0 bridgehead atoms. The second-order valence-electron chi connectivity index (χ2n) is 3.84. The van der Waals surface area contributed by atoms with Crippen LogP contribution in [-0.4, -0.2) is 6.47 Å². The predicted molar refractivity (Wildman–Crippen MR) is 61.8 cm³/mol. The lowest BCUT2D eigenvalue weighted by Gasteiger charge is -2.16. The summed E-state index contributed by atoms with van der Waals surface area (Å²) in [5, 5.41) is 0. The van der Waals surface area contributed by atoms with Gasteiger partial charge in [-0.2, -0.15) is 0 Å². The van der Waals surface area contributed by atoms with Crippen molar-refractivity contribution in [1.29, 1.82) is 0 Å². The van der Waals surface area contributed by atoms with Crippen molar-refractivity contribution in [3.8, 4) is 0 Å². The van der Waals surface area contributed by atoms with Crippen LogP contribution in [0.5, 0.6) is 0 Å². The number of rotatable bonds is 4. The topological polar surface area (TPSA) is 26.3 Å². The molecule has 2 rings (SSSR count). The number of carbonyl (C=O) groups is 1. The van der Waals surface area contributed by atoms with E-state index in [1.54, 1.807) is 0 Å². The van der Waals surface area contributed by atoms with Crippen molar-refractivity contribution in [2.24, 2.45) is 0 Å². The lowest BCUT2D eigenvalue weighted by molar-refractivity contribution is -0.132. The van der Waals surface area contributed by atoms with E-state index in [1.807, 2.05) is 0 Å². The maximum Gasteiger partial charge on any atom is 0.294 e. The fraction of sp³-hybridized carbons (Fsp3) is 0.0714. The molecule has 0 spiro atoms. The van der Waals surface area contributed by atoms with Crippen molar-refractivity contribution < 1.29 is 22.7 Å². The van der Waals surface area contributed by atoms with Crippen LogP contribution in [-0.2, 0) is 9.53 Å². The van der Waals surface area contributed by atoms with Crippen LogP contribution in [0.3, 0.4) is 0 Å². The van der Waals surface area contributed by atoms with Crippen LogP contribution in [0.1, 0.15) is 17.2 Å². The average molecular weight is 266 g/mol. The van der Waals surface area contributed by atoms with Gasteiger partial charge < -0.3 is 4.74 Å². The number of hydrogen-bond donors (Lipinski definition) is 0. The zero-order valence-corrected chi connectivity index (χ0v) is 9.65. The first-order valence-corrected chi connectivity index (χ1v) is 5.41. The SMILES string of the molecule is O=COC(c1ccc(F)cc1)c1ccc(F)c(F)c1. The molecular formula is C14H9F3O2. The van der Waals surface area contributed by atoms with Gasteiger partial charge in [-0.05, 0) is 29.8 Å². The van der Waals surface area contributed by atoms with E-state index >= 15 is 0 Å². The van der Waals surface area contributed by atoms with Gasteiger partial charge in [0, 0.05) is 5.56 Å². The summed E-state index contributed by atoms with van der Waals surface area (Å²) in [7, 11) is 0. The van der Waals surface area contributed by atoms with Gasteiger partial charge in [0.2, 0.25) is 0 Å². The van der Waals surface area contributed by atoms with Crippen LogP contribution in [0.4, 0.5) is 13.2 Å². The number of ether oxygens (including phenoxy) is 1. The molecule has 0 saturated heterocycles. The first-order valence-electron chi connectivity index (χ1n) is 5.41. The van der Waals surface area contributed by atoms with Gasteiger partial charge in [0.1, 0.15) is 5.82 Å². The van der Waals surface area contributed by atoms with Crippen LogP contribution in [0, 0.1) is 17.5 Å². The van der Waals surface area contributed by atoms with Crippen LogP contribution in [0.25, 0.3) is 0 Å². The van der Waals surface area contributed by atoms with Gasteiger partial charge in [-0.1, -0.05) is 18.2 Å². The molecule has 0 aliphatic heterocycles. The smallest absolute Gasteiger partial charge is 0.294 e. The number of hydrogen-bond acceptors (Lipinski definition) is 2. The molecule has 0 radical (unpaired) electrons. The summed E-state index contributed by atoms with van der Waals surface area (Å²) in [5.41, 5.74) is 0.720. The van der Waals surface area contributed by atoms with E-state index in [2.05, 4.69) is 0 Å². The van der Waals surface area contributed by atoms with E-state index in [0.717, 1.165) is 12.1 Å². The van der Waals surface area contributed by atoms with Gasteiger partial charge >= 0.3 is 0 Å². The number of benzene rings is 2. The fourth-order valence-electron chi connectivity index (χ4n) is 1.72. The Morgan fingerprint density at radius 1 is 0.895 bits per heavy atom. The largest absolute Gasteiger partial charge is 0.455 e. The van der Waals surface area contributed by atoms with Gasteiger partial charge in [0.05, 0.1) is 0 Å². The monoisotopic (exact) mass is 266 g/mol. The van der Waals surface area contributed by atoms with Crippen LogP contribution >= 0.6 is 0 Å². The van der Waals surface area contributed by atoms with E-state index in [-0.39, 0.29) is 12.0 Å². The van der Waals surface area contributed by atoms with Gasteiger partial charge in [-0.3, -0.25) is 4.79 Å². The van der Waals surface area contributed by atoms with Crippen molar-refractivity contribution >= 4 is 6.47 Å². The highest BCUT2D eigenvalue weighted by Gasteiger charge is 2.17. The van der Waals surface area contributed by atoms with Gasteiger partial charge in [-0.25, -0.2) is 13.2 Å². The summed E-state index contributed by atoms with van der Waals surface area (Å²) < 4.78 is 43.7. The quantitative estimate of drug-likeness (QED) is 0.793. The van der Waals surface area contributed by atoms with Crippen molar-refractivity contribution in [3.05, 3.63) is 71.0 Å². The third-order valence-electron chi connectivity index (χ3n) is 2.61. The third kappa shape index (κ3) is 2.93. The Balaban J connectivity index is 2.41. The highest BCUT2D eigenvalue weighted by molar-refractivity contribution is 5.42. The molecule has 5 heteroatoms. The van der Waals surface area contributed by atoms with Gasteiger partial charge in [0.15, 0.2) is 17.7 Å². The van der Waals surface area contributed by atoms with Crippen LogP contribution < -0.4 is 0 Å². The number of carbonyl (C=O) groups excluding carboxylic acids is 1. The summed E-state index contributed by atoms with van der Waals surface area (Å²) in [6, 6.07) is 8.38. The molecule has 2 aromatic rings. The molecule has 19 heavy (non-hydrogen) atoms. The molecule has 0 saturated carbocycles. The zero-order valence-electron chi connectivity index (χ0n) is 9.65. The number of halogens is 3. The summed E-state index contributed by atoms with van der Waals surface area (Å²) in [6.07, 6.45) is -0.909. The minimum atomic E-state index is -1.04. The molecule has 0 fully saturated rings. The molecule has 0 aliphatic carbocycles. The lowest BCUT2D eigenvalue weighted by atomic mass is 10.0. The van der Waals surface area contributed by atoms with Crippen molar-refractivity contribution in [1.82, 2.24) is 0 Å². The van der Waals surface area contributed by atoms with Gasteiger partial charge in [0.25, 0.3) is 6.47 Å². The summed E-state index contributed by atoms with van der Waals surface area (Å²) in [6.45, 7) is 0.204. The van der Waals surface area contributed by atoms with E-state index in [1.165, 1.54) is 30.3 Å². The third-order valence-corrected chi connectivity index (χ3v) is 2.61. The Bertz CT molecular complexity index is 582. The standard InChI is InChI=1S/C14H9F3O2/c15-11-4-1-9(2-5-11)14(19-8-18)10-3-6-12(16)13(17)7-10/h1-8,14H. The van der Waals surface area contributed by atoms with E-state index < -0.39 is 23.6 Å². The Kier molecular flexibility index (Phi) is 3.85. The lowest BCUT2D eigenvalue weighted by Crippen LogP contribution is -2.06. The minimum Gasteiger partial charge on any atom is -0.455 e. The molecule has 2 nitrogen and oxygen atoms in total. The predicted octanol–water partition coefficient (Wildman–Crippen LogP) is 3.37. The van der Waals surface area contributed by atoms with Crippen molar-refractivity contribution in [2.75, 3.05) is 0 Å². The maximum atomic E-state index is 13.2. The highest BCUT2D eigenvalue weighted by atomic mass is 19.2. The molecule has 2 aromatic carbocycles. The first kappa shape index (κ1) is 13.1. The molecule has 0 N–H and O–H groups in total. The Hall–Kier alpha value is -2.30. The Morgan fingerprint density at radius 3 is 2.11 bits per heavy atom. The minimum absolute atomic E-state index is 0.204. The maximum absolute atomic E-state index is 13.2. The van der Waals surface area contributed by atoms with Crippen molar-refractivity contribution in [2.45, 2.75) is 6.10 Å². The summed E-state index contributed by atoms with van der Waals surface area (Å²) >= 11 is 0. The fourth-order valence-corrected chi connectivity index (χ4v) is 1.72.